The summed E-state index contributed by atoms with van der Waals surface area (Å²) in [7, 11) is 0. The average molecular weight is 148 g/mol. The number of carbonyl (C=O) groups excluding carboxylic acids is 1. The number of aliphatic imine (C=N–C) groups is 1. The molecule has 0 spiro atoms. The Balaban J connectivity index is 2.40. The van der Waals surface area contributed by atoms with Gasteiger partial charge in [0.15, 0.2) is 0 Å². The quantitative estimate of drug-likeness (QED) is 0.506. The van der Waals surface area contributed by atoms with Crippen molar-refractivity contribution in [2.45, 2.75) is 13.0 Å². The molecular formula is C8H8N2O. The third-order valence-electron chi connectivity index (χ3n) is 1.87. The van der Waals surface area contributed by atoms with Gasteiger partial charge >= 0.3 is 0 Å². The van der Waals surface area contributed by atoms with Crippen molar-refractivity contribution in [3.63, 3.8) is 0 Å². The zero-order valence-electron chi connectivity index (χ0n) is 6.19. The maximum absolute atomic E-state index is 11.0. The molecule has 11 heavy (non-hydrogen) atoms. The van der Waals surface area contributed by atoms with Crippen LogP contribution in [0.25, 0.3) is 0 Å². The molecule has 2 rings (SSSR count). The Morgan fingerprint density at radius 3 is 3.09 bits per heavy atom. The van der Waals surface area contributed by atoms with Crippen LogP contribution in [0.3, 0.4) is 0 Å². The van der Waals surface area contributed by atoms with Crippen molar-refractivity contribution in [1.29, 1.82) is 0 Å². The minimum Gasteiger partial charge on any atom is -0.321 e. The molecule has 0 saturated carbocycles. The molecule has 0 saturated heterocycles. The van der Waals surface area contributed by atoms with Crippen LogP contribution in [-0.4, -0.2) is 22.7 Å². The van der Waals surface area contributed by atoms with Gasteiger partial charge in [0.05, 0.1) is 0 Å². The molecule has 0 bridgehead atoms. The molecule has 2 aliphatic rings. The molecule has 0 aromatic carbocycles. The first kappa shape index (κ1) is 6.34. The molecule has 0 radical (unpaired) electrons. The Hall–Kier alpha value is -1.38. The summed E-state index contributed by atoms with van der Waals surface area (Å²) >= 11 is 0. The van der Waals surface area contributed by atoms with Crippen LogP contribution in [0.4, 0.5) is 0 Å². The van der Waals surface area contributed by atoms with E-state index in [0.717, 1.165) is 5.84 Å². The number of allylic oxidation sites excluding steroid dienone is 2. The standard InChI is InChI=1S/C8H8N2O/c1-6-8(11)9-7-4-2-3-5-10(6)7/h2-6H,1H3/t6-/m1/s1. The van der Waals surface area contributed by atoms with Crippen molar-refractivity contribution < 1.29 is 4.79 Å². The Labute approximate surface area is 64.7 Å². The van der Waals surface area contributed by atoms with Gasteiger partial charge in [0, 0.05) is 6.20 Å². The summed E-state index contributed by atoms with van der Waals surface area (Å²) < 4.78 is 0. The van der Waals surface area contributed by atoms with Gasteiger partial charge in [0.1, 0.15) is 11.9 Å². The normalized spacial score (nSPS) is 27.4. The number of amides is 1. The first-order valence-corrected chi connectivity index (χ1v) is 3.55. The third-order valence-corrected chi connectivity index (χ3v) is 1.87. The fourth-order valence-corrected chi connectivity index (χ4v) is 1.19. The van der Waals surface area contributed by atoms with Gasteiger partial charge < -0.3 is 4.90 Å². The van der Waals surface area contributed by atoms with Gasteiger partial charge in [-0.3, -0.25) is 4.79 Å². The van der Waals surface area contributed by atoms with E-state index in [-0.39, 0.29) is 11.9 Å². The van der Waals surface area contributed by atoms with Gasteiger partial charge in [-0.05, 0) is 19.1 Å². The molecular weight excluding hydrogens is 140 g/mol. The minimum absolute atomic E-state index is 0.0591. The molecule has 3 nitrogen and oxygen atoms in total. The molecule has 0 fully saturated rings. The number of hydrogen-bond acceptors (Lipinski definition) is 2. The highest BCUT2D eigenvalue weighted by atomic mass is 16.2. The fraction of sp³-hybridized carbons (Fsp3) is 0.250. The zero-order valence-corrected chi connectivity index (χ0v) is 6.19. The highest BCUT2D eigenvalue weighted by molar-refractivity contribution is 6.09. The van der Waals surface area contributed by atoms with Crippen molar-refractivity contribution >= 4 is 11.7 Å². The minimum atomic E-state index is -0.119. The smallest absolute Gasteiger partial charge is 0.270 e. The van der Waals surface area contributed by atoms with Crippen LogP contribution in [0.15, 0.2) is 29.4 Å². The summed E-state index contributed by atoms with van der Waals surface area (Å²) in [6, 6.07) is -0.119. The number of amidine groups is 1. The first-order chi connectivity index (χ1) is 5.29. The van der Waals surface area contributed by atoms with E-state index in [9.17, 15) is 4.79 Å². The maximum Gasteiger partial charge on any atom is 0.270 e. The number of nitrogens with zero attached hydrogens (tertiary/aromatic N) is 2. The van der Waals surface area contributed by atoms with E-state index in [1.165, 1.54) is 0 Å². The van der Waals surface area contributed by atoms with Gasteiger partial charge in [0.25, 0.3) is 5.91 Å². The molecule has 1 amide bonds. The lowest BCUT2D eigenvalue weighted by atomic mass is 10.3. The van der Waals surface area contributed by atoms with Crippen molar-refractivity contribution in [3.8, 4) is 0 Å². The van der Waals surface area contributed by atoms with Crippen molar-refractivity contribution in [2.24, 2.45) is 4.99 Å². The van der Waals surface area contributed by atoms with Crippen molar-refractivity contribution in [3.05, 3.63) is 24.4 Å². The molecule has 2 heterocycles. The van der Waals surface area contributed by atoms with E-state index in [1.807, 2.05) is 36.3 Å². The number of hydrogen-bond donors (Lipinski definition) is 0. The molecule has 1 atom stereocenters. The van der Waals surface area contributed by atoms with Crippen LogP contribution in [0, 0.1) is 0 Å². The van der Waals surface area contributed by atoms with Gasteiger partial charge in [0.2, 0.25) is 0 Å². The van der Waals surface area contributed by atoms with Crippen LogP contribution < -0.4 is 0 Å². The molecule has 0 unspecified atom stereocenters. The Kier molecular flexibility index (Phi) is 1.18. The lowest BCUT2D eigenvalue weighted by molar-refractivity contribution is -0.119. The van der Waals surface area contributed by atoms with Gasteiger partial charge in [-0.1, -0.05) is 6.08 Å². The van der Waals surface area contributed by atoms with Crippen molar-refractivity contribution in [2.75, 3.05) is 0 Å². The second-order valence-electron chi connectivity index (χ2n) is 2.59. The van der Waals surface area contributed by atoms with E-state index in [2.05, 4.69) is 4.99 Å². The Morgan fingerprint density at radius 2 is 2.36 bits per heavy atom. The molecule has 2 aliphatic heterocycles. The Bertz CT molecular complexity index is 288. The largest absolute Gasteiger partial charge is 0.321 e. The zero-order chi connectivity index (χ0) is 7.84. The monoisotopic (exact) mass is 148 g/mol. The highest BCUT2D eigenvalue weighted by Crippen LogP contribution is 2.15. The molecule has 0 aliphatic carbocycles. The fourth-order valence-electron chi connectivity index (χ4n) is 1.19. The van der Waals surface area contributed by atoms with E-state index in [0.29, 0.717) is 0 Å². The molecule has 0 N–H and O–H groups in total. The summed E-state index contributed by atoms with van der Waals surface area (Å²) in [5, 5.41) is 0. The SMILES string of the molecule is C[C@@H]1C(=O)N=C2C=CC=CN21. The molecule has 3 heteroatoms. The summed E-state index contributed by atoms with van der Waals surface area (Å²) in [5.74, 6) is 0.696. The summed E-state index contributed by atoms with van der Waals surface area (Å²) in [5.41, 5.74) is 0. The summed E-state index contributed by atoms with van der Waals surface area (Å²) in [6.45, 7) is 1.85. The van der Waals surface area contributed by atoms with Gasteiger partial charge in [-0.2, -0.15) is 4.99 Å². The topological polar surface area (TPSA) is 32.7 Å². The second-order valence-corrected chi connectivity index (χ2v) is 2.59. The van der Waals surface area contributed by atoms with E-state index < -0.39 is 0 Å². The summed E-state index contributed by atoms with van der Waals surface area (Å²) in [6.07, 6.45) is 7.48. The number of fused-ring (bicyclic) bond motifs is 1. The average Bonchev–Trinajstić information content (AvgIpc) is 2.30. The van der Waals surface area contributed by atoms with E-state index in [4.69, 9.17) is 0 Å². The first-order valence-electron chi connectivity index (χ1n) is 3.55. The lowest BCUT2D eigenvalue weighted by Gasteiger charge is -2.19. The highest BCUT2D eigenvalue weighted by Gasteiger charge is 2.28. The Morgan fingerprint density at radius 1 is 1.55 bits per heavy atom. The molecule has 0 aromatic rings. The van der Waals surface area contributed by atoms with E-state index >= 15 is 0 Å². The number of rotatable bonds is 0. The van der Waals surface area contributed by atoms with Gasteiger partial charge in [-0.15, -0.1) is 0 Å². The molecule has 0 aromatic heterocycles. The maximum atomic E-state index is 11.0. The van der Waals surface area contributed by atoms with Crippen molar-refractivity contribution in [1.82, 2.24) is 4.90 Å². The van der Waals surface area contributed by atoms with Crippen LogP contribution in [0.1, 0.15) is 6.92 Å². The van der Waals surface area contributed by atoms with Crippen LogP contribution in [0.2, 0.25) is 0 Å². The summed E-state index contributed by atoms with van der Waals surface area (Å²) in [4.78, 5) is 16.8. The third kappa shape index (κ3) is 0.808. The number of carbonyl (C=O) groups is 1. The van der Waals surface area contributed by atoms with Gasteiger partial charge in [-0.25, -0.2) is 0 Å². The predicted molar refractivity (Wildman–Crippen MR) is 42.0 cm³/mol. The van der Waals surface area contributed by atoms with E-state index in [1.54, 1.807) is 0 Å². The predicted octanol–water partition coefficient (Wildman–Crippen LogP) is 0.699. The second kappa shape index (κ2) is 2.05. The van der Waals surface area contributed by atoms with Crippen LogP contribution in [0.5, 0.6) is 0 Å². The van der Waals surface area contributed by atoms with Crippen LogP contribution in [-0.2, 0) is 4.79 Å². The van der Waals surface area contributed by atoms with Crippen LogP contribution >= 0.6 is 0 Å². The lowest BCUT2D eigenvalue weighted by Crippen LogP contribution is -2.31. The molecule has 56 valence electrons.